The summed E-state index contributed by atoms with van der Waals surface area (Å²) in [7, 11) is 0. The van der Waals surface area contributed by atoms with E-state index in [1.54, 1.807) is 0 Å². The summed E-state index contributed by atoms with van der Waals surface area (Å²) < 4.78 is 5.30. The molecule has 0 radical (unpaired) electrons. The summed E-state index contributed by atoms with van der Waals surface area (Å²) in [6.07, 6.45) is 1.82. The van der Waals surface area contributed by atoms with Crippen LogP contribution in [0.3, 0.4) is 0 Å². The highest BCUT2D eigenvalue weighted by atomic mass is 16.5. The van der Waals surface area contributed by atoms with Gasteiger partial charge in [-0.15, -0.1) is 0 Å². The lowest BCUT2D eigenvalue weighted by Crippen LogP contribution is -2.31. The Hall–Kier alpha value is -0.970. The molecule has 0 bridgehead atoms. The SMILES string of the molecule is CCOCC(NN)c1ccc(C)nc1. The molecule has 1 aromatic heterocycles. The van der Waals surface area contributed by atoms with E-state index in [-0.39, 0.29) is 6.04 Å². The van der Waals surface area contributed by atoms with Gasteiger partial charge in [-0.25, -0.2) is 0 Å². The van der Waals surface area contributed by atoms with E-state index in [1.165, 1.54) is 0 Å². The van der Waals surface area contributed by atoms with Crippen LogP contribution >= 0.6 is 0 Å². The second-order valence-electron chi connectivity index (χ2n) is 3.11. The van der Waals surface area contributed by atoms with Gasteiger partial charge in [-0.3, -0.25) is 16.3 Å². The van der Waals surface area contributed by atoms with Gasteiger partial charge in [0.25, 0.3) is 0 Å². The molecular formula is C10H17N3O. The van der Waals surface area contributed by atoms with E-state index in [0.29, 0.717) is 13.2 Å². The van der Waals surface area contributed by atoms with Crippen LogP contribution in [0.15, 0.2) is 18.3 Å². The monoisotopic (exact) mass is 195 g/mol. The minimum Gasteiger partial charge on any atom is -0.380 e. The molecular weight excluding hydrogens is 178 g/mol. The van der Waals surface area contributed by atoms with E-state index in [4.69, 9.17) is 10.6 Å². The number of rotatable bonds is 5. The Kier molecular flexibility index (Phi) is 4.52. The molecule has 0 spiro atoms. The summed E-state index contributed by atoms with van der Waals surface area (Å²) in [4.78, 5) is 4.20. The van der Waals surface area contributed by atoms with Gasteiger partial charge in [0.05, 0.1) is 12.6 Å². The Morgan fingerprint density at radius 2 is 2.36 bits per heavy atom. The maximum absolute atomic E-state index is 5.43. The molecule has 14 heavy (non-hydrogen) atoms. The maximum atomic E-state index is 5.43. The van der Waals surface area contributed by atoms with E-state index in [2.05, 4.69) is 10.4 Å². The third kappa shape index (κ3) is 3.06. The predicted octanol–water partition coefficient (Wildman–Crippen LogP) is 0.931. The number of nitrogens with one attached hydrogen (secondary N) is 1. The highest BCUT2D eigenvalue weighted by Crippen LogP contribution is 2.11. The molecule has 3 N–H and O–H groups in total. The van der Waals surface area contributed by atoms with Crippen LogP contribution in [0.1, 0.15) is 24.2 Å². The number of hydrogen-bond donors (Lipinski definition) is 2. The average molecular weight is 195 g/mol. The molecule has 0 aliphatic heterocycles. The Balaban J connectivity index is 2.64. The molecule has 1 unspecified atom stereocenters. The number of pyridine rings is 1. The first-order chi connectivity index (χ1) is 6.77. The van der Waals surface area contributed by atoms with Crippen LogP contribution in [0.5, 0.6) is 0 Å². The van der Waals surface area contributed by atoms with Crippen molar-refractivity contribution < 1.29 is 4.74 Å². The van der Waals surface area contributed by atoms with Gasteiger partial charge in [0.1, 0.15) is 0 Å². The lowest BCUT2D eigenvalue weighted by Gasteiger charge is -2.15. The van der Waals surface area contributed by atoms with Crippen LogP contribution in [-0.2, 0) is 4.74 Å². The molecule has 0 saturated heterocycles. The van der Waals surface area contributed by atoms with Crippen LogP contribution in [0.2, 0.25) is 0 Å². The molecule has 0 aromatic carbocycles. The zero-order valence-corrected chi connectivity index (χ0v) is 8.66. The first-order valence-electron chi connectivity index (χ1n) is 4.74. The number of ether oxygens (including phenoxy) is 1. The fraction of sp³-hybridized carbons (Fsp3) is 0.500. The summed E-state index contributed by atoms with van der Waals surface area (Å²) in [6.45, 7) is 5.17. The second-order valence-corrected chi connectivity index (χ2v) is 3.11. The summed E-state index contributed by atoms with van der Waals surface area (Å²) in [5.74, 6) is 5.43. The molecule has 78 valence electrons. The highest BCUT2D eigenvalue weighted by molar-refractivity contribution is 5.17. The molecule has 0 saturated carbocycles. The maximum Gasteiger partial charge on any atom is 0.0708 e. The molecule has 4 heteroatoms. The average Bonchev–Trinajstić information content (AvgIpc) is 2.21. The zero-order chi connectivity index (χ0) is 10.4. The lowest BCUT2D eigenvalue weighted by atomic mass is 10.1. The van der Waals surface area contributed by atoms with Crippen LogP contribution < -0.4 is 11.3 Å². The van der Waals surface area contributed by atoms with Crippen LogP contribution in [0.4, 0.5) is 0 Å². The van der Waals surface area contributed by atoms with Gasteiger partial charge >= 0.3 is 0 Å². The van der Waals surface area contributed by atoms with Gasteiger partial charge < -0.3 is 4.74 Å². The van der Waals surface area contributed by atoms with Gasteiger partial charge in [0.2, 0.25) is 0 Å². The topological polar surface area (TPSA) is 60.2 Å². The van der Waals surface area contributed by atoms with Crippen molar-refractivity contribution in [1.29, 1.82) is 0 Å². The number of aryl methyl sites for hydroxylation is 1. The van der Waals surface area contributed by atoms with Crippen molar-refractivity contribution in [2.24, 2.45) is 5.84 Å². The molecule has 1 rings (SSSR count). The Morgan fingerprint density at radius 3 is 2.86 bits per heavy atom. The van der Waals surface area contributed by atoms with Crippen molar-refractivity contribution in [3.8, 4) is 0 Å². The minimum atomic E-state index is 0.0167. The molecule has 4 nitrogen and oxygen atoms in total. The molecule has 0 aliphatic rings. The zero-order valence-electron chi connectivity index (χ0n) is 8.66. The van der Waals surface area contributed by atoms with E-state index < -0.39 is 0 Å². The molecule has 1 heterocycles. The fourth-order valence-electron chi connectivity index (χ4n) is 1.16. The van der Waals surface area contributed by atoms with Crippen molar-refractivity contribution in [2.45, 2.75) is 19.9 Å². The number of aromatic nitrogens is 1. The Labute approximate surface area is 84.4 Å². The van der Waals surface area contributed by atoms with Gasteiger partial charge in [-0.05, 0) is 25.5 Å². The fourth-order valence-corrected chi connectivity index (χ4v) is 1.16. The lowest BCUT2D eigenvalue weighted by molar-refractivity contribution is 0.123. The largest absolute Gasteiger partial charge is 0.380 e. The molecule has 0 amide bonds. The van der Waals surface area contributed by atoms with Gasteiger partial charge in [0, 0.05) is 18.5 Å². The van der Waals surface area contributed by atoms with E-state index in [0.717, 1.165) is 11.3 Å². The molecule has 1 atom stereocenters. The smallest absolute Gasteiger partial charge is 0.0708 e. The number of hydrazine groups is 1. The third-order valence-corrected chi connectivity index (χ3v) is 2.03. The highest BCUT2D eigenvalue weighted by Gasteiger charge is 2.08. The van der Waals surface area contributed by atoms with Crippen molar-refractivity contribution in [1.82, 2.24) is 10.4 Å². The minimum absolute atomic E-state index is 0.0167. The normalized spacial score (nSPS) is 12.8. The van der Waals surface area contributed by atoms with Crippen molar-refractivity contribution in [2.75, 3.05) is 13.2 Å². The summed E-state index contributed by atoms with van der Waals surface area (Å²) in [5.41, 5.74) is 4.76. The summed E-state index contributed by atoms with van der Waals surface area (Å²) in [6, 6.07) is 3.99. The van der Waals surface area contributed by atoms with Crippen molar-refractivity contribution in [3.05, 3.63) is 29.6 Å². The van der Waals surface area contributed by atoms with E-state index in [9.17, 15) is 0 Å². The summed E-state index contributed by atoms with van der Waals surface area (Å²) in [5, 5.41) is 0. The number of nitrogens with zero attached hydrogens (tertiary/aromatic N) is 1. The predicted molar refractivity (Wildman–Crippen MR) is 55.5 cm³/mol. The Bertz CT molecular complexity index is 261. The second kappa shape index (κ2) is 5.70. The quantitative estimate of drug-likeness (QED) is 0.542. The molecule has 0 fully saturated rings. The standard InChI is InChI=1S/C10H17N3O/c1-3-14-7-10(13-11)9-5-4-8(2)12-6-9/h4-6,10,13H,3,7,11H2,1-2H3. The van der Waals surface area contributed by atoms with Crippen LogP contribution in [0.25, 0.3) is 0 Å². The third-order valence-electron chi connectivity index (χ3n) is 2.03. The molecule has 0 aliphatic carbocycles. The first-order valence-corrected chi connectivity index (χ1v) is 4.74. The van der Waals surface area contributed by atoms with Crippen molar-refractivity contribution >= 4 is 0 Å². The molecule has 1 aromatic rings. The number of hydrogen-bond acceptors (Lipinski definition) is 4. The van der Waals surface area contributed by atoms with Crippen LogP contribution in [-0.4, -0.2) is 18.2 Å². The van der Waals surface area contributed by atoms with E-state index >= 15 is 0 Å². The Morgan fingerprint density at radius 1 is 1.57 bits per heavy atom. The van der Waals surface area contributed by atoms with E-state index in [1.807, 2.05) is 32.2 Å². The number of nitrogens with two attached hydrogens (primary N) is 1. The van der Waals surface area contributed by atoms with Crippen molar-refractivity contribution in [3.63, 3.8) is 0 Å². The van der Waals surface area contributed by atoms with Gasteiger partial charge in [0.15, 0.2) is 0 Å². The summed E-state index contributed by atoms with van der Waals surface area (Å²) >= 11 is 0. The first kappa shape index (κ1) is 11.1. The van der Waals surface area contributed by atoms with Crippen LogP contribution in [0, 0.1) is 6.92 Å². The van der Waals surface area contributed by atoms with Gasteiger partial charge in [-0.2, -0.15) is 0 Å². The van der Waals surface area contributed by atoms with Gasteiger partial charge in [-0.1, -0.05) is 6.07 Å².